The number of likely N-dealkylation sites (tertiary alicyclic amines) is 1. The Bertz CT molecular complexity index is 499. The largest absolute Gasteiger partial charge is 0.342 e. The van der Waals surface area contributed by atoms with Crippen LogP contribution in [-0.4, -0.2) is 43.8 Å². The molecule has 100 valence electrons. The molecule has 1 aliphatic rings. The molecule has 1 saturated heterocycles. The van der Waals surface area contributed by atoms with E-state index in [0.29, 0.717) is 32.4 Å². The van der Waals surface area contributed by atoms with Crippen LogP contribution in [0, 0.1) is 0 Å². The molecule has 1 aromatic rings. The van der Waals surface area contributed by atoms with Gasteiger partial charge in [-0.1, -0.05) is 6.07 Å². The summed E-state index contributed by atoms with van der Waals surface area (Å²) in [4.78, 5) is 14.8. The Morgan fingerprint density at radius 2 is 2.11 bits per heavy atom. The highest BCUT2D eigenvalue weighted by Gasteiger charge is 2.28. The Hall–Kier alpha value is -0.880. The molecule has 0 spiro atoms. The number of hydrogen-bond donors (Lipinski definition) is 0. The van der Waals surface area contributed by atoms with E-state index in [2.05, 4.69) is 0 Å². The zero-order valence-electron chi connectivity index (χ0n) is 10.3. The summed E-state index contributed by atoms with van der Waals surface area (Å²) in [5.74, 6) is 0.101. The van der Waals surface area contributed by atoms with Gasteiger partial charge in [0, 0.05) is 24.2 Å². The molecule has 0 saturated carbocycles. The van der Waals surface area contributed by atoms with Crippen molar-refractivity contribution >= 4 is 27.1 Å². The van der Waals surface area contributed by atoms with Crippen molar-refractivity contribution in [2.75, 3.05) is 19.3 Å². The molecule has 0 aromatic carbocycles. The van der Waals surface area contributed by atoms with E-state index in [4.69, 9.17) is 0 Å². The maximum atomic E-state index is 12.0. The van der Waals surface area contributed by atoms with Gasteiger partial charge in [-0.25, -0.2) is 8.42 Å². The van der Waals surface area contributed by atoms with Crippen molar-refractivity contribution in [2.24, 2.45) is 0 Å². The van der Waals surface area contributed by atoms with Crippen LogP contribution in [0.4, 0.5) is 0 Å². The maximum absolute atomic E-state index is 12.0. The summed E-state index contributed by atoms with van der Waals surface area (Å²) in [6.45, 7) is 1.11. The number of piperidine rings is 1. The van der Waals surface area contributed by atoms with E-state index in [0.717, 1.165) is 4.88 Å². The predicted octanol–water partition coefficient (Wildman–Crippen LogP) is 1.33. The fraction of sp³-hybridized carbons (Fsp3) is 0.583. The van der Waals surface area contributed by atoms with E-state index in [-0.39, 0.29) is 11.2 Å². The van der Waals surface area contributed by atoms with Crippen molar-refractivity contribution in [3.8, 4) is 0 Å². The zero-order valence-corrected chi connectivity index (χ0v) is 12.0. The van der Waals surface area contributed by atoms with Gasteiger partial charge in [-0.15, -0.1) is 11.3 Å². The van der Waals surface area contributed by atoms with Gasteiger partial charge in [0.05, 0.1) is 11.7 Å². The number of hydrogen-bond acceptors (Lipinski definition) is 4. The van der Waals surface area contributed by atoms with E-state index >= 15 is 0 Å². The summed E-state index contributed by atoms with van der Waals surface area (Å²) in [7, 11) is -2.96. The summed E-state index contributed by atoms with van der Waals surface area (Å²) in [6, 6.07) is 3.88. The highest BCUT2D eigenvalue weighted by atomic mass is 32.2. The Labute approximate surface area is 112 Å². The van der Waals surface area contributed by atoms with Crippen molar-refractivity contribution in [1.82, 2.24) is 4.90 Å². The van der Waals surface area contributed by atoms with Gasteiger partial charge in [-0.3, -0.25) is 4.79 Å². The molecular formula is C12H17NO3S2. The third kappa shape index (κ3) is 3.32. The third-order valence-electron chi connectivity index (χ3n) is 3.31. The van der Waals surface area contributed by atoms with Crippen LogP contribution < -0.4 is 0 Å². The van der Waals surface area contributed by atoms with E-state index in [9.17, 15) is 13.2 Å². The first-order valence-electron chi connectivity index (χ1n) is 5.96. The number of thiophene rings is 1. The van der Waals surface area contributed by atoms with Crippen LogP contribution in [0.5, 0.6) is 0 Å². The van der Waals surface area contributed by atoms with E-state index < -0.39 is 9.84 Å². The van der Waals surface area contributed by atoms with Crippen LogP contribution in [0.15, 0.2) is 17.5 Å². The monoisotopic (exact) mass is 287 g/mol. The van der Waals surface area contributed by atoms with Gasteiger partial charge in [0.15, 0.2) is 0 Å². The second kappa shape index (κ2) is 5.40. The Morgan fingerprint density at radius 1 is 1.44 bits per heavy atom. The molecule has 2 rings (SSSR count). The van der Waals surface area contributed by atoms with Crippen LogP contribution in [0.2, 0.25) is 0 Å². The summed E-state index contributed by atoms with van der Waals surface area (Å²) >= 11 is 1.58. The van der Waals surface area contributed by atoms with Crippen molar-refractivity contribution in [3.05, 3.63) is 22.4 Å². The first kappa shape index (κ1) is 13.5. The molecule has 0 atom stereocenters. The highest BCUT2D eigenvalue weighted by Crippen LogP contribution is 2.18. The van der Waals surface area contributed by atoms with Gasteiger partial charge in [0.2, 0.25) is 5.91 Å². The summed E-state index contributed by atoms with van der Waals surface area (Å²) in [6.07, 6.45) is 2.84. The van der Waals surface area contributed by atoms with Crippen molar-refractivity contribution in [3.63, 3.8) is 0 Å². The number of carbonyl (C=O) groups is 1. The minimum absolute atomic E-state index is 0.101. The minimum atomic E-state index is -2.96. The Balaban J connectivity index is 1.88. The molecule has 0 radical (unpaired) electrons. The lowest BCUT2D eigenvalue weighted by molar-refractivity contribution is -0.131. The Kier molecular flexibility index (Phi) is 4.07. The molecular weight excluding hydrogens is 270 g/mol. The standard InChI is InChI=1S/C12H17NO3S2/c1-18(15,16)11-4-6-13(7-5-11)12(14)9-10-3-2-8-17-10/h2-3,8,11H,4-7,9H2,1H3. The van der Waals surface area contributed by atoms with Crippen LogP contribution in [0.3, 0.4) is 0 Å². The van der Waals surface area contributed by atoms with Crippen molar-refractivity contribution in [1.29, 1.82) is 0 Å². The smallest absolute Gasteiger partial charge is 0.227 e. The van der Waals surface area contributed by atoms with Gasteiger partial charge in [-0.05, 0) is 24.3 Å². The van der Waals surface area contributed by atoms with Gasteiger partial charge in [0.1, 0.15) is 9.84 Å². The van der Waals surface area contributed by atoms with E-state index in [1.54, 1.807) is 16.2 Å². The molecule has 6 heteroatoms. The molecule has 1 aliphatic heterocycles. The molecule has 1 fully saturated rings. The topological polar surface area (TPSA) is 54.5 Å². The minimum Gasteiger partial charge on any atom is -0.342 e. The third-order valence-corrected chi connectivity index (χ3v) is 5.86. The second-order valence-corrected chi connectivity index (χ2v) is 8.02. The predicted molar refractivity (Wildman–Crippen MR) is 72.5 cm³/mol. The first-order valence-corrected chi connectivity index (χ1v) is 8.79. The maximum Gasteiger partial charge on any atom is 0.227 e. The zero-order chi connectivity index (χ0) is 13.2. The van der Waals surface area contributed by atoms with Gasteiger partial charge in [-0.2, -0.15) is 0 Å². The molecule has 1 aromatic heterocycles. The fourth-order valence-electron chi connectivity index (χ4n) is 2.21. The fourth-order valence-corrected chi connectivity index (χ4v) is 3.97. The lowest BCUT2D eigenvalue weighted by atomic mass is 10.1. The summed E-state index contributed by atoms with van der Waals surface area (Å²) in [5, 5.41) is 1.68. The highest BCUT2D eigenvalue weighted by molar-refractivity contribution is 7.91. The van der Waals surface area contributed by atoms with E-state index in [1.165, 1.54) is 6.26 Å². The number of amides is 1. The van der Waals surface area contributed by atoms with E-state index in [1.807, 2.05) is 17.5 Å². The summed E-state index contributed by atoms with van der Waals surface area (Å²) in [5.41, 5.74) is 0. The number of carbonyl (C=O) groups excluding carboxylic acids is 1. The molecule has 2 heterocycles. The molecule has 0 unspecified atom stereocenters. The quantitative estimate of drug-likeness (QED) is 0.842. The van der Waals surface area contributed by atoms with Crippen LogP contribution >= 0.6 is 11.3 Å². The molecule has 0 bridgehead atoms. The summed E-state index contributed by atoms with van der Waals surface area (Å²) < 4.78 is 22.8. The van der Waals surface area contributed by atoms with Crippen molar-refractivity contribution < 1.29 is 13.2 Å². The Morgan fingerprint density at radius 3 is 2.61 bits per heavy atom. The molecule has 4 nitrogen and oxygen atoms in total. The van der Waals surface area contributed by atoms with Gasteiger partial charge >= 0.3 is 0 Å². The number of rotatable bonds is 3. The lowest BCUT2D eigenvalue weighted by Crippen LogP contribution is -2.42. The SMILES string of the molecule is CS(=O)(=O)C1CCN(C(=O)Cc2cccs2)CC1. The van der Waals surface area contributed by atoms with Crippen molar-refractivity contribution in [2.45, 2.75) is 24.5 Å². The molecule has 1 amide bonds. The molecule has 18 heavy (non-hydrogen) atoms. The number of nitrogens with zero attached hydrogens (tertiary/aromatic N) is 1. The molecule has 0 aliphatic carbocycles. The average molecular weight is 287 g/mol. The average Bonchev–Trinajstić information content (AvgIpc) is 2.81. The van der Waals surface area contributed by atoms with Crippen LogP contribution in [0.25, 0.3) is 0 Å². The number of sulfone groups is 1. The second-order valence-electron chi connectivity index (χ2n) is 4.67. The normalized spacial score (nSPS) is 17.9. The van der Waals surface area contributed by atoms with Gasteiger partial charge < -0.3 is 4.90 Å². The van der Waals surface area contributed by atoms with Gasteiger partial charge in [0.25, 0.3) is 0 Å². The van der Waals surface area contributed by atoms with Crippen LogP contribution in [-0.2, 0) is 21.1 Å². The first-order chi connectivity index (χ1) is 8.47. The lowest BCUT2D eigenvalue weighted by Gasteiger charge is -2.31. The molecule has 0 N–H and O–H groups in total. The van der Waals surface area contributed by atoms with Crippen LogP contribution in [0.1, 0.15) is 17.7 Å².